The molecule has 142 valence electrons. The standard InChI is InChI=1S/C26H24N2Si/c1-29(2,3)21-14-15-24(27-18-21)19-13-16-26-23(17-19)22-11-7-8-12-25(22)28(26)20-9-5-4-6-10-20/h4-18H,1-3H3. The molecule has 29 heavy (non-hydrogen) atoms. The van der Waals surface area contributed by atoms with Crippen molar-refractivity contribution in [1.29, 1.82) is 0 Å². The summed E-state index contributed by atoms with van der Waals surface area (Å²) in [5, 5.41) is 3.92. The number of hydrogen-bond donors (Lipinski definition) is 0. The summed E-state index contributed by atoms with van der Waals surface area (Å²) < 4.78 is 2.34. The normalized spacial score (nSPS) is 12.0. The van der Waals surface area contributed by atoms with Gasteiger partial charge in [-0.1, -0.05) is 68.2 Å². The lowest BCUT2D eigenvalue weighted by molar-refractivity contribution is 1.18. The van der Waals surface area contributed by atoms with E-state index in [1.54, 1.807) is 0 Å². The van der Waals surface area contributed by atoms with E-state index in [2.05, 4.69) is 115 Å². The van der Waals surface area contributed by atoms with Gasteiger partial charge in [0.25, 0.3) is 0 Å². The van der Waals surface area contributed by atoms with E-state index in [4.69, 9.17) is 4.98 Å². The van der Waals surface area contributed by atoms with Gasteiger partial charge in [0, 0.05) is 28.2 Å². The predicted molar refractivity (Wildman–Crippen MR) is 127 cm³/mol. The SMILES string of the molecule is C[Si](C)(C)c1ccc(-c2ccc3c(c2)c2ccccc2n3-c2ccccc2)nc1. The van der Waals surface area contributed by atoms with Crippen LogP contribution in [0.15, 0.2) is 91.1 Å². The summed E-state index contributed by atoms with van der Waals surface area (Å²) in [7, 11) is -1.34. The second kappa shape index (κ2) is 6.71. The minimum atomic E-state index is -1.34. The molecular formula is C26H24N2Si. The summed E-state index contributed by atoms with van der Waals surface area (Å²) in [4.78, 5) is 4.80. The maximum Gasteiger partial charge on any atom is 0.0796 e. The maximum atomic E-state index is 4.80. The number of aromatic nitrogens is 2. The van der Waals surface area contributed by atoms with Gasteiger partial charge in [-0.15, -0.1) is 0 Å². The Hall–Kier alpha value is -3.17. The Morgan fingerprint density at radius 3 is 2.14 bits per heavy atom. The predicted octanol–water partition coefficient (Wildman–Crippen LogP) is 6.39. The van der Waals surface area contributed by atoms with Crippen LogP contribution in [0, 0.1) is 0 Å². The van der Waals surface area contributed by atoms with Gasteiger partial charge >= 0.3 is 0 Å². The van der Waals surface area contributed by atoms with Gasteiger partial charge in [0.2, 0.25) is 0 Å². The molecule has 2 aromatic heterocycles. The molecule has 0 radical (unpaired) electrons. The fourth-order valence-electron chi connectivity index (χ4n) is 4.00. The van der Waals surface area contributed by atoms with Gasteiger partial charge in [-0.05, 0) is 41.6 Å². The summed E-state index contributed by atoms with van der Waals surface area (Å²) in [6.45, 7) is 7.07. The molecule has 3 heteroatoms. The van der Waals surface area contributed by atoms with Crippen LogP contribution in [0.1, 0.15) is 0 Å². The molecule has 0 saturated carbocycles. The van der Waals surface area contributed by atoms with Crippen molar-refractivity contribution in [1.82, 2.24) is 9.55 Å². The van der Waals surface area contributed by atoms with Gasteiger partial charge in [-0.3, -0.25) is 4.98 Å². The molecule has 0 unspecified atom stereocenters. The van der Waals surface area contributed by atoms with Gasteiger partial charge < -0.3 is 4.57 Å². The quantitative estimate of drug-likeness (QED) is 0.325. The molecule has 0 aliphatic heterocycles. The second-order valence-electron chi connectivity index (χ2n) is 8.60. The van der Waals surface area contributed by atoms with Gasteiger partial charge in [-0.2, -0.15) is 0 Å². The van der Waals surface area contributed by atoms with Crippen LogP contribution in [-0.2, 0) is 0 Å². The number of pyridine rings is 1. The van der Waals surface area contributed by atoms with Gasteiger partial charge in [0.05, 0.1) is 24.8 Å². The third-order valence-corrected chi connectivity index (χ3v) is 7.64. The maximum absolute atomic E-state index is 4.80. The van der Waals surface area contributed by atoms with Crippen molar-refractivity contribution >= 4 is 35.1 Å². The monoisotopic (exact) mass is 392 g/mol. The lowest BCUT2D eigenvalue weighted by Gasteiger charge is -2.16. The molecular weight excluding hydrogens is 368 g/mol. The highest BCUT2D eigenvalue weighted by molar-refractivity contribution is 6.88. The first kappa shape index (κ1) is 17.9. The average molecular weight is 393 g/mol. The highest BCUT2D eigenvalue weighted by Crippen LogP contribution is 2.34. The molecule has 2 heterocycles. The van der Waals surface area contributed by atoms with E-state index in [1.807, 2.05) is 0 Å². The zero-order chi connectivity index (χ0) is 20.0. The van der Waals surface area contributed by atoms with Crippen LogP contribution >= 0.6 is 0 Å². The summed E-state index contributed by atoms with van der Waals surface area (Å²) in [5.41, 5.74) is 5.83. The van der Waals surface area contributed by atoms with Crippen molar-refractivity contribution < 1.29 is 0 Å². The van der Waals surface area contributed by atoms with Gasteiger partial charge in [-0.25, -0.2) is 0 Å². The number of benzene rings is 3. The molecule has 0 atom stereocenters. The van der Waals surface area contributed by atoms with Crippen molar-refractivity contribution in [2.45, 2.75) is 19.6 Å². The van der Waals surface area contributed by atoms with E-state index >= 15 is 0 Å². The number of rotatable bonds is 3. The first-order valence-electron chi connectivity index (χ1n) is 10.1. The fraction of sp³-hybridized carbons (Fsp3) is 0.115. The van der Waals surface area contributed by atoms with Gasteiger partial charge in [0.1, 0.15) is 0 Å². The highest BCUT2D eigenvalue weighted by atomic mass is 28.3. The molecule has 5 aromatic rings. The van der Waals surface area contributed by atoms with E-state index in [-0.39, 0.29) is 0 Å². The van der Waals surface area contributed by atoms with E-state index in [9.17, 15) is 0 Å². The number of hydrogen-bond acceptors (Lipinski definition) is 1. The molecule has 0 amide bonds. The smallest absolute Gasteiger partial charge is 0.0796 e. The molecule has 5 rings (SSSR count). The average Bonchev–Trinajstić information content (AvgIpc) is 3.07. The molecule has 0 fully saturated rings. The summed E-state index contributed by atoms with van der Waals surface area (Å²) in [5.74, 6) is 0. The molecule has 3 aromatic carbocycles. The third-order valence-electron chi connectivity index (χ3n) is 5.61. The Balaban J connectivity index is 1.71. The number of para-hydroxylation sites is 2. The van der Waals surface area contributed by atoms with Crippen LogP contribution in [0.2, 0.25) is 19.6 Å². The van der Waals surface area contributed by atoms with Crippen LogP contribution in [0.25, 0.3) is 38.8 Å². The number of nitrogens with zero attached hydrogens (tertiary/aromatic N) is 2. The second-order valence-corrected chi connectivity index (χ2v) is 13.7. The lowest BCUT2D eigenvalue weighted by Crippen LogP contribution is -2.37. The lowest BCUT2D eigenvalue weighted by atomic mass is 10.1. The Morgan fingerprint density at radius 2 is 1.41 bits per heavy atom. The van der Waals surface area contributed by atoms with Crippen molar-refractivity contribution in [3.8, 4) is 16.9 Å². The molecule has 0 aliphatic rings. The largest absolute Gasteiger partial charge is 0.309 e. The van der Waals surface area contributed by atoms with Crippen LogP contribution in [0.3, 0.4) is 0 Å². The molecule has 0 saturated heterocycles. The van der Waals surface area contributed by atoms with E-state index in [0.29, 0.717) is 0 Å². The summed E-state index contributed by atoms with van der Waals surface area (Å²) in [6, 6.07) is 30.3. The topological polar surface area (TPSA) is 17.8 Å². The Bertz CT molecular complexity index is 1310. The van der Waals surface area contributed by atoms with E-state index in [0.717, 1.165) is 11.3 Å². The zero-order valence-corrected chi connectivity index (χ0v) is 18.1. The van der Waals surface area contributed by atoms with Crippen molar-refractivity contribution in [2.24, 2.45) is 0 Å². The first-order valence-corrected chi connectivity index (χ1v) is 13.6. The highest BCUT2D eigenvalue weighted by Gasteiger charge is 2.17. The molecule has 0 bridgehead atoms. The molecule has 0 N–H and O–H groups in total. The molecule has 0 spiro atoms. The Morgan fingerprint density at radius 1 is 0.690 bits per heavy atom. The minimum absolute atomic E-state index is 1.03. The van der Waals surface area contributed by atoms with Crippen LogP contribution < -0.4 is 5.19 Å². The molecule has 2 nitrogen and oxygen atoms in total. The van der Waals surface area contributed by atoms with E-state index in [1.165, 1.54) is 32.7 Å². The van der Waals surface area contributed by atoms with Crippen molar-refractivity contribution in [3.05, 3.63) is 91.1 Å². The minimum Gasteiger partial charge on any atom is -0.309 e. The van der Waals surface area contributed by atoms with Crippen LogP contribution in [0.4, 0.5) is 0 Å². The number of fused-ring (bicyclic) bond motifs is 3. The Kier molecular flexibility index (Phi) is 4.14. The van der Waals surface area contributed by atoms with Crippen molar-refractivity contribution in [2.75, 3.05) is 0 Å². The fourth-order valence-corrected chi connectivity index (χ4v) is 5.03. The van der Waals surface area contributed by atoms with Crippen LogP contribution in [0.5, 0.6) is 0 Å². The van der Waals surface area contributed by atoms with Gasteiger partial charge in [0.15, 0.2) is 0 Å². The van der Waals surface area contributed by atoms with Crippen molar-refractivity contribution in [3.63, 3.8) is 0 Å². The van der Waals surface area contributed by atoms with Crippen LogP contribution in [-0.4, -0.2) is 17.6 Å². The first-order chi connectivity index (χ1) is 14.0. The summed E-state index contributed by atoms with van der Waals surface area (Å²) >= 11 is 0. The van der Waals surface area contributed by atoms with E-state index < -0.39 is 8.07 Å². The zero-order valence-electron chi connectivity index (χ0n) is 17.1. The third kappa shape index (κ3) is 3.08. The Labute approximate surface area is 172 Å². The molecule has 0 aliphatic carbocycles. The summed E-state index contributed by atoms with van der Waals surface area (Å²) in [6.07, 6.45) is 2.07.